The van der Waals surface area contributed by atoms with Gasteiger partial charge in [0.25, 0.3) is 0 Å². The summed E-state index contributed by atoms with van der Waals surface area (Å²) in [6, 6.07) is 7.95. The number of nitrogens with zero attached hydrogens (tertiary/aromatic N) is 4. The molecule has 0 atom stereocenters. The van der Waals surface area contributed by atoms with E-state index in [0.29, 0.717) is 12.4 Å². The van der Waals surface area contributed by atoms with Gasteiger partial charge in [0.05, 0.1) is 23.4 Å². The molecule has 0 radical (unpaired) electrons. The first-order valence-electron chi connectivity index (χ1n) is 7.56. The maximum atomic E-state index is 5.56. The van der Waals surface area contributed by atoms with Crippen LogP contribution >= 0.6 is 11.3 Å². The molecule has 0 saturated heterocycles. The van der Waals surface area contributed by atoms with E-state index in [-0.39, 0.29) is 0 Å². The summed E-state index contributed by atoms with van der Waals surface area (Å²) in [5, 5.41) is 10.6. The number of thiophene rings is 1. The zero-order valence-electron chi connectivity index (χ0n) is 13.2. The SMILES string of the molecule is CCCOc1ccc(CN=Nc2ncnc3c(C)csc23)cc1. The summed E-state index contributed by atoms with van der Waals surface area (Å²) in [7, 11) is 0. The third-order valence-corrected chi connectivity index (χ3v) is 4.41. The second kappa shape index (κ2) is 7.28. The number of benzene rings is 1. The van der Waals surface area contributed by atoms with Crippen molar-refractivity contribution in [3.63, 3.8) is 0 Å². The van der Waals surface area contributed by atoms with Crippen LogP contribution in [0.5, 0.6) is 5.75 Å². The molecule has 5 nitrogen and oxygen atoms in total. The first-order chi connectivity index (χ1) is 11.3. The molecule has 2 heterocycles. The molecule has 0 saturated carbocycles. The first-order valence-corrected chi connectivity index (χ1v) is 8.44. The first kappa shape index (κ1) is 15.6. The summed E-state index contributed by atoms with van der Waals surface area (Å²) in [5.74, 6) is 1.52. The molecule has 118 valence electrons. The van der Waals surface area contributed by atoms with Gasteiger partial charge in [-0.1, -0.05) is 19.1 Å². The summed E-state index contributed by atoms with van der Waals surface area (Å²) < 4.78 is 6.55. The Morgan fingerprint density at radius 1 is 1.17 bits per heavy atom. The van der Waals surface area contributed by atoms with E-state index >= 15 is 0 Å². The summed E-state index contributed by atoms with van der Waals surface area (Å²) in [5.41, 5.74) is 3.19. The number of rotatable bonds is 6. The molecule has 3 aromatic rings. The van der Waals surface area contributed by atoms with Gasteiger partial charge in [-0.3, -0.25) is 0 Å². The Labute approximate surface area is 139 Å². The quantitative estimate of drug-likeness (QED) is 0.594. The van der Waals surface area contributed by atoms with Crippen LogP contribution in [0.3, 0.4) is 0 Å². The Bertz CT molecular complexity index is 811. The fraction of sp³-hybridized carbons (Fsp3) is 0.294. The minimum atomic E-state index is 0.518. The van der Waals surface area contributed by atoms with Gasteiger partial charge in [-0.05, 0) is 42.0 Å². The van der Waals surface area contributed by atoms with Crippen molar-refractivity contribution < 1.29 is 4.74 Å². The summed E-state index contributed by atoms with van der Waals surface area (Å²) in [4.78, 5) is 8.50. The van der Waals surface area contributed by atoms with Crippen molar-refractivity contribution in [2.45, 2.75) is 26.8 Å². The molecular weight excluding hydrogens is 308 g/mol. The lowest BCUT2D eigenvalue weighted by Gasteiger charge is -2.04. The molecule has 0 aliphatic carbocycles. The van der Waals surface area contributed by atoms with E-state index in [1.807, 2.05) is 31.2 Å². The Hall–Kier alpha value is -2.34. The second-order valence-electron chi connectivity index (χ2n) is 5.19. The molecule has 0 spiro atoms. The number of aryl methyl sites for hydroxylation is 1. The van der Waals surface area contributed by atoms with Crippen LogP contribution in [-0.2, 0) is 6.54 Å². The fourth-order valence-electron chi connectivity index (χ4n) is 2.12. The predicted octanol–water partition coefficient (Wildman–Crippen LogP) is 5.07. The Balaban J connectivity index is 1.68. The van der Waals surface area contributed by atoms with E-state index in [9.17, 15) is 0 Å². The molecular formula is C17H18N4OS. The third kappa shape index (κ3) is 3.71. The highest BCUT2D eigenvalue weighted by Crippen LogP contribution is 2.30. The molecule has 0 fully saturated rings. The molecule has 0 amide bonds. The van der Waals surface area contributed by atoms with Gasteiger partial charge in [0.1, 0.15) is 12.1 Å². The Kier molecular flexibility index (Phi) is 4.92. The van der Waals surface area contributed by atoms with E-state index in [4.69, 9.17) is 4.74 Å². The number of fused-ring (bicyclic) bond motifs is 1. The van der Waals surface area contributed by atoms with Gasteiger partial charge in [0, 0.05) is 0 Å². The van der Waals surface area contributed by atoms with Gasteiger partial charge in [0.2, 0.25) is 0 Å². The van der Waals surface area contributed by atoms with E-state index in [1.54, 1.807) is 11.3 Å². The van der Waals surface area contributed by atoms with E-state index in [1.165, 1.54) is 6.33 Å². The zero-order chi connectivity index (χ0) is 16.1. The largest absolute Gasteiger partial charge is 0.494 e. The number of hydrogen-bond acceptors (Lipinski definition) is 6. The molecule has 3 rings (SSSR count). The van der Waals surface area contributed by atoms with Crippen LogP contribution in [0.15, 0.2) is 46.2 Å². The van der Waals surface area contributed by atoms with Crippen LogP contribution in [0.4, 0.5) is 5.82 Å². The number of azo groups is 1. The van der Waals surface area contributed by atoms with Crippen LogP contribution < -0.4 is 4.74 Å². The van der Waals surface area contributed by atoms with Crippen LogP contribution in [-0.4, -0.2) is 16.6 Å². The van der Waals surface area contributed by atoms with Gasteiger partial charge in [0.15, 0.2) is 5.82 Å². The minimum absolute atomic E-state index is 0.518. The summed E-state index contributed by atoms with van der Waals surface area (Å²) >= 11 is 1.60. The zero-order valence-corrected chi connectivity index (χ0v) is 14.0. The second-order valence-corrected chi connectivity index (χ2v) is 6.07. The summed E-state index contributed by atoms with van der Waals surface area (Å²) in [6.45, 7) is 5.38. The maximum absolute atomic E-state index is 5.56. The van der Waals surface area contributed by atoms with E-state index < -0.39 is 0 Å². The van der Waals surface area contributed by atoms with Gasteiger partial charge in [-0.25, -0.2) is 9.97 Å². The Morgan fingerprint density at radius 2 is 2.00 bits per heavy atom. The fourth-order valence-corrected chi connectivity index (χ4v) is 3.05. The summed E-state index contributed by atoms with van der Waals surface area (Å²) in [6.07, 6.45) is 2.54. The number of aromatic nitrogens is 2. The molecule has 0 bridgehead atoms. The lowest BCUT2D eigenvalue weighted by molar-refractivity contribution is 0.317. The van der Waals surface area contributed by atoms with Crippen LogP contribution in [0.1, 0.15) is 24.5 Å². The van der Waals surface area contributed by atoms with Gasteiger partial charge in [-0.2, -0.15) is 5.11 Å². The molecule has 2 aromatic heterocycles. The van der Waals surface area contributed by atoms with Crippen molar-refractivity contribution in [1.29, 1.82) is 0 Å². The van der Waals surface area contributed by atoms with E-state index in [2.05, 4.69) is 32.5 Å². The lowest BCUT2D eigenvalue weighted by atomic mass is 10.2. The van der Waals surface area contributed by atoms with Crippen LogP contribution in [0.2, 0.25) is 0 Å². The normalized spacial score (nSPS) is 11.4. The Morgan fingerprint density at radius 3 is 2.78 bits per heavy atom. The number of hydrogen-bond donors (Lipinski definition) is 0. The van der Waals surface area contributed by atoms with Crippen molar-refractivity contribution in [3.05, 3.63) is 47.1 Å². The predicted molar refractivity (Wildman–Crippen MR) is 92.6 cm³/mol. The molecule has 0 aliphatic heterocycles. The van der Waals surface area contributed by atoms with Crippen molar-refractivity contribution in [1.82, 2.24) is 9.97 Å². The van der Waals surface area contributed by atoms with Crippen molar-refractivity contribution in [2.24, 2.45) is 10.2 Å². The topological polar surface area (TPSA) is 59.7 Å². The minimum Gasteiger partial charge on any atom is -0.494 e. The van der Waals surface area contributed by atoms with Crippen molar-refractivity contribution >= 4 is 27.4 Å². The smallest absolute Gasteiger partial charge is 0.195 e. The molecule has 0 aliphatic rings. The molecule has 0 N–H and O–H groups in total. The van der Waals surface area contributed by atoms with Crippen molar-refractivity contribution in [3.8, 4) is 5.75 Å². The lowest BCUT2D eigenvalue weighted by Crippen LogP contribution is -1.94. The standard InChI is InChI=1S/C17H18N4OS/c1-3-8-22-14-6-4-13(5-7-14)9-20-21-17-16-15(18-11-19-17)12(2)10-23-16/h4-7,10-11H,3,8-9H2,1-2H3. The molecule has 1 aromatic carbocycles. The molecule has 23 heavy (non-hydrogen) atoms. The van der Waals surface area contributed by atoms with Gasteiger partial charge in [-0.15, -0.1) is 16.5 Å². The number of ether oxygens (including phenoxy) is 1. The highest BCUT2D eigenvalue weighted by molar-refractivity contribution is 7.17. The van der Waals surface area contributed by atoms with Crippen LogP contribution in [0.25, 0.3) is 10.2 Å². The van der Waals surface area contributed by atoms with Crippen LogP contribution in [0, 0.1) is 6.92 Å². The van der Waals surface area contributed by atoms with Crippen molar-refractivity contribution in [2.75, 3.05) is 6.61 Å². The van der Waals surface area contributed by atoms with E-state index in [0.717, 1.165) is 40.1 Å². The maximum Gasteiger partial charge on any atom is 0.195 e. The average molecular weight is 326 g/mol. The highest BCUT2D eigenvalue weighted by Gasteiger charge is 2.07. The third-order valence-electron chi connectivity index (χ3n) is 3.33. The van der Waals surface area contributed by atoms with Gasteiger partial charge < -0.3 is 4.74 Å². The molecule has 0 unspecified atom stereocenters. The van der Waals surface area contributed by atoms with Gasteiger partial charge >= 0.3 is 0 Å². The average Bonchev–Trinajstić information content (AvgIpc) is 2.96. The monoisotopic (exact) mass is 326 g/mol. The molecule has 6 heteroatoms. The highest BCUT2D eigenvalue weighted by atomic mass is 32.1.